The largest absolute Gasteiger partial charge is 0.313 e. The van der Waals surface area contributed by atoms with Crippen LogP contribution in [0.4, 0.5) is 0 Å². The van der Waals surface area contributed by atoms with Gasteiger partial charge in [-0.3, -0.25) is 4.90 Å². The van der Waals surface area contributed by atoms with Gasteiger partial charge in [0.15, 0.2) is 0 Å². The van der Waals surface area contributed by atoms with Gasteiger partial charge in [-0.2, -0.15) is 0 Å². The summed E-state index contributed by atoms with van der Waals surface area (Å²) in [4.78, 5) is 2.48. The van der Waals surface area contributed by atoms with Crippen molar-refractivity contribution in [3.05, 3.63) is 34.9 Å². The zero-order valence-corrected chi connectivity index (χ0v) is 11.9. The lowest BCUT2D eigenvalue weighted by Gasteiger charge is -2.30. The van der Waals surface area contributed by atoms with E-state index in [1.54, 1.807) is 0 Å². The minimum atomic E-state index is 0.654. The molecule has 1 atom stereocenters. The van der Waals surface area contributed by atoms with Crippen LogP contribution in [0, 0.1) is 0 Å². The third-order valence-corrected chi connectivity index (χ3v) is 4.06. The highest BCUT2D eigenvalue weighted by atomic mass is 35.5. The summed E-state index contributed by atoms with van der Waals surface area (Å²) in [5, 5.41) is 4.49. The minimum Gasteiger partial charge on any atom is -0.313 e. The molecule has 0 bridgehead atoms. The molecule has 2 rings (SSSR count). The Morgan fingerprint density at radius 2 is 2.17 bits per heavy atom. The molecule has 0 amide bonds. The molecular weight excluding hydrogens is 244 g/mol. The fourth-order valence-corrected chi connectivity index (χ4v) is 2.76. The van der Waals surface area contributed by atoms with E-state index >= 15 is 0 Å². The number of halogens is 1. The molecule has 1 fully saturated rings. The molecule has 1 saturated heterocycles. The molecule has 1 N–H and O–H groups in total. The molecule has 1 heterocycles. The predicted molar refractivity (Wildman–Crippen MR) is 78.0 cm³/mol. The third-order valence-electron chi connectivity index (χ3n) is 3.69. The van der Waals surface area contributed by atoms with Crippen molar-refractivity contribution in [2.75, 3.05) is 19.6 Å². The summed E-state index contributed by atoms with van der Waals surface area (Å²) < 4.78 is 0. The Bertz CT molecular complexity index is 361. The van der Waals surface area contributed by atoms with Gasteiger partial charge in [0.25, 0.3) is 0 Å². The van der Waals surface area contributed by atoms with Crippen molar-refractivity contribution in [3.63, 3.8) is 0 Å². The molecule has 3 heteroatoms. The monoisotopic (exact) mass is 266 g/mol. The lowest BCUT2D eigenvalue weighted by molar-refractivity contribution is 0.226. The van der Waals surface area contributed by atoms with Crippen LogP contribution in [0.25, 0.3) is 0 Å². The van der Waals surface area contributed by atoms with Crippen LogP contribution >= 0.6 is 11.6 Å². The van der Waals surface area contributed by atoms with Crippen molar-refractivity contribution < 1.29 is 0 Å². The fraction of sp³-hybridized carbons (Fsp3) is 0.600. The van der Waals surface area contributed by atoms with Crippen molar-refractivity contribution in [2.45, 2.75) is 38.8 Å². The summed E-state index contributed by atoms with van der Waals surface area (Å²) in [5.41, 5.74) is 1.23. The topological polar surface area (TPSA) is 15.3 Å². The van der Waals surface area contributed by atoms with E-state index in [-0.39, 0.29) is 0 Å². The smallest absolute Gasteiger partial charge is 0.0451 e. The molecule has 0 saturated carbocycles. The lowest BCUT2D eigenvalue weighted by atomic mass is 10.0. The van der Waals surface area contributed by atoms with E-state index in [0.717, 1.165) is 24.7 Å². The Morgan fingerprint density at radius 1 is 1.33 bits per heavy atom. The Labute approximate surface area is 115 Å². The van der Waals surface area contributed by atoms with E-state index in [1.165, 1.54) is 31.4 Å². The van der Waals surface area contributed by atoms with Crippen LogP contribution in [-0.4, -0.2) is 30.6 Å². The standard InChI is InChI=1S/C15H23ClN2/c1-2-18(12-14-8-5-6-10-17-14)11-13-7-3-4-9-15(13)16/h3-4,7,9,14,17H,2,5-6,8,10-12H2,1H3. The number of nitrogens with one attached hydrogen (secondary N) is 1. The maximum absolute atomic E-state index is 6.23. The van der Waals surface area contributed by atoms with Gasteiger partial charge in [-0.15, -0.1) is 0 Å². The van der Waals surface area contributed by atoms with Gasteiger partial charge in [0.05, 0.1) is 0 Å². The first kappa shape index (κ1) is 13.9. The molecule has 1 aliphatic rings. The van der Waals surface area contributed by atoms with Crippen LogP contribution in [0.1, 0.15) is 31.7 Å². The zero-order chi connectivity index (χ0) is 12.8. The highest BCUT2D eigenvalue weighted by molar-refractivity contribution is 6.31. The van der Waals surface area contributed by atoms with E-state index in [4.69, 9.17) is 11.6 Å². The summed E-state index contributed by atoms with van der Waals surface area (Å²) in [7, 11) is 0. The average molecular weight is 267 g/mol. The van der Waals surface area contributed by atoms with Crippen LogP contribution < -0.4 is 5.32 Å². The van der Waals surface area contributed by atoms with Gasteiger partial charge in [-0.1, -0.05) is 43.1 Å². The Hall–Kier alpha value is -0.570. The maximum Gasteiger partial charge on any atom is 0.0451 e. The first-order valence-electron chi connectivity index (χ1n) is 6.98. The van der Waals surface area contributed by atoms with Gasteiger partial charge in [-0.05, 0) is 37.6 Å². The first-order valence-corrected chi connectivity index (χ1v) is 7.36. The highest BCUT2D eigenvalue weighted by Crippen LogP contribution is 2.18. The fourth-order valence-electron chi connectivity index (χ4n) is 2.56. The number of nitrogens with zero attached hydrogens (tertiary/aromatic N) is 1. The van der Waals surface area contributed by atoms with Crippen molar-refractivity contribution in [2.24, 2.45) is 0 Å². The molecule has 0 radical (unpaired) electrons. The van der Waals surface area contributed by atoms with Gasteiger partial charge in [-0.25, -0.2) is 0 Å². The first-order chi connectivity index (χ1) is 8.79. The molecule has 0 aliphatic carbocycles. The van der Waals surface area contributed by atoms with Gasteiger partial charge in [0, 0.05) is 24.2 Å². The number of piperidine rings is 1. The van der Waals surface area contributed by atoms with Crippen LogP contribution in [0.3, 0.4) is 0 Å². The molecule has 1 aromatic rings. The molecule has 100 valence electrons. The molecule has 2 nitrogen and oxygen atoms in total. The molecule has 0 aromatic heterocycles. The van der Waals surface area contributed by atoms with E-state index in [1.807, 2.05) is 12.1 Å². The molecule has 1 aliphatic heterocycles. The Kier molecular flexibility index (Phi) is 5.48. The summed E-state index contributed by atoms with van der Waals surface area (Å²) in [6, 6.07) is 8.81. The molecule has 18 heavy (non-hydrogen) atoms. The average Bonchev–Trinajstić information content (AvgIpc) is 2.41. The van der Waals surface area contributed by atoms with Gasteiger partial charge < -0.3 is 5.32 Å². The minimum absolute atomic E-state index is 0.654. The third kappa shape index (κ3) is 3.98. The maximum atomic E-state index is 6.23. The summed E-state index contributed by atoms with van der Waals surface area (Å²) in [6.45, 7) is 6.55. The number of hydrogen-bond donors (Lipinski definition) is 1. The second kappa shape index (κ2) is 7.13. The van der Waals surface area contributed by atoms with Crippen molar-refractivity contribution >= 4 is 11.6 Å². The van der Waals surface area contributed by atoms with Crippen LogP contribution in [0.15, 0.2) is 24.3 Å². The normalized spacial score (nSPS) is 20.3. The van der Waals surface area contributed by atoms with Crippen LogP contribution in [-0.2, 0) is 6.54 Å². The second-order valence-corrected chi connectivity index (χ2v) is 5.47. The number of likely N-dealkylation sites (N-methyl/N-ethyl adjacent to an activating group) is 1. The van der Waals surface area contributed by atoms with E-state index < -0.39 is 0 Å². The lowest BCUT2D eigenvalue weighted by Crippen LogP contribution is -2.43. The molecule has 1 unspecified atom stereocenters. The van der Waals surface area contributed by atoms with E-state index in [0.29, 0.717) is 6.04 Å². The van der Waals surface area contributed by atoms with E-state index in [2.05, 4.69) is 29.3 Å². The molecule has 1 aromatic carbocycles. The SMILES string of the molecule is CCN(Cc1ccccc1Cl)CC1CCCCN1. The number of hydrogen-bond acceptors (Lipinski definition) is 2. The van der Waals surface area contributed by atoms with Gasteiger partial charge >= 0.3 is 0 Å². The Balaban J connectivity index is 1.90. The van der Waals surface area contributed by atoms with Crippen molar-refractivity contribution in [1.29, 1.82) is 0 Å². The van der Waals surface area contributed by atoms with Crippen LogP contribution in [0.5, 0.6) is 0 Å². The van der Waals surface area contributed by atoms with Crippen LogP contribution in [0.2, 0.25) is 5.02 Å². The Morgan fingerprint density at radius 3 is 2.83 bits per heavy atom. The van der Waals surface area contributed by atoms with Crippen molar-refractivity contribution in [3.8, 4) is 0 Å². The van der Waals surface area contributed by atoms with Gasteiger partial charge in [0.1, 0.15) is 0 Å². The highest BCUT2D eigenvalue weighted by Gasteiger charge is 2.16. The summed E-state index contributed by atoms with van der Waals surface area (Å²) in [6.07, 6.45) is 3.99. The number of benzene rings is 1. The molecule has 0 spiro atoms. The van der Waals surface area contributed by atoms with Crippen molar-refractivity contribution in [1.82, 2.24) is 10.2 Å². The summed E-state index contributed by atoms with van der Waals surface area (Å²) in [5.74, 6) is 0. The van der Waals surface area contributed by atoms with E-state index in [9.17, 15) is 0 Å². The quantitative estimate of drug-likeness (QED) is 0.880. The number of rotatable bonds is 5. The predicted octanol–water partition coefficient (Wildman–Crippen LogP) is 3.30. The molecular formula is C15H23ClN2. The second-order valence-electron chi connectivity index (χ2n) is 5.07. The summed E-state index contributed by atoms with van der Waals surface area (Å²) >= 11 is 6.23. The van der Waals surface area contributed by atoms with Gasteiger partial charge in [0.2, 0.25) is 0 Å². The zero-order valence-electron chi connectivity index (χ0n) is 11.2.